The molecule has 0 saturated carbocycles. The summed E-state index contributed by atoms with van der Waals surface area (Å²) in [4.78, 5) is 13.7. The molecule has 1 aliphatic heterocycles. The van der Waals surface area contributed by atoms with Gasteiger partial charge in [0.1, 0.15) is 11.6 Å². The van der Waals surface area contributed by atoms with Crippen molar-refractivity contribution >= 4 is 5.91 Å². The molecule has 20 heavy (non-hydrogen) atoms. The Bertz CT molecular complexity index is 495. The van der Waals surface area contributed by atoms with Gasteiger partial charge in [-0.1, -0.05) is 6.07 Å². The normalized spacial score (nSPS) is 22.3. The van der Waals surface area contributed by atoms with Crippen LogP contribution >= 0.6 is 0 Å². The number of nitrogens with zero attached hydrogens (tertiary/aromatic N) is 1. The van der Waals surface area contributed by atoms with Gasteiger partial charge in [0.2, 0.25) is 5.91 Å². The summed E-state index contributed by atoms with van der Waals surface area (Å²) < 4.78 is 31.5. The fourth-order valence-electron chi connectivity index (χ4n) is 2.45. The van der Waals surface area contributed by atoms with Gasteiger partial charge < -0.3 is 14.7 Å². The van der Waals surface area contributed by atoms with Gasteiger partial charge in [-0.3, -0.25) is 4.79 Å². The van der Waals surface area contributed by atoms with Crippen LogP contribution in [0, 0.1) is 11.6 Å². The summed E-state index contributed by atoms with van der Waals surface area (Å²) in [7, 11) is 1.55. The molecule has 1 amide bonds. The highest BCUT2D eigenvalue weighted by atomic mass is 19.1. The van der Waals surface area contributed by atoms with Gasteiger partial charge in [-0.2, -0.15) is 0 Å². The summed E-state index contributed by atoms with van der Waals surface area (Å²) >= 11 is 0. The van der Waals surface area contributed by atoms with Crippen molar-refractivity contribution in [1.29, 1.82) is 0 Å². The molecule has 1 N–H and O–H groups in total. The highest BCUT2D eigenvalue weighted by molar-refractivity contribution is 5.79. The Balaban J connectivity index is 2.07. The van der Waals surface area contributed by atoms with Gasteiger partial charge in [-0.25, -0.2) is 8.78 Å². The minimum Gasteiger partial charge on any atom is -0.394 e. The topological polar surface area (TPSA) is 49.8 Å². The third-order valence-corrected chi connectivity index (χ3v) is 3.60. The SMILES string of the molecule is CO[C@H]1C[C@@H](CO)N(C(=O)Cc2ccc(F)cc2F)C1. The molecule has 2 atom stereocenters. The van der Waals surface area contributed by atoms with E-state index in [0.29, 0.717) is 13.0 Å². The first-order valence-corrected chi connectivity index (χ1v) is 6.42. The van der Waals surface area contributed by atoms with E-state index in [2.05, 4.69) is 0 Å². The first-order valence-electron chi connectivity index (χ1n) is 6.42. The van der Waals surface area contributed by atoms with Gasteiger partial charge in [0.25, 0.3) is 0 Å². The van der Waals surface area contributed by atoms with Gasteiger partial charge in [0.05, 0.1) is 25.2 Å². The number of carbonyl (C=O) groups excluding carboxylic acids is 1. The second-order valence-electron chi connectivity index (χ2n) is 4.89. The molecule has 1 aliphatic rings. The average molecular weight is 285 g/mol. The summed E-state index contributed by atoms with van der Waals surface area (Å²) in [6, 6.07) is 2.84. The first kappa shape index (κ1) is 14.9. The fraction of sp³-hybridized carbons (Fsp3) is 0.500. The maximum atomic E-state index is 13.5. The molecule has 0 bridgehead atoms. The van der Waals surface area contributed by atoms with E-state index in [4.69, 9.17) is 4.74 Å². The number of halogens is 2. The highest BCUT2D eigenvalue weighted by Crippen LogP contribution is 2.21. The predicted molar refractivity (Wildman–Crippen MR) is 68.1 cm³/mol. The number of aliphatic hydroxyl groups excluding tert-OH is 1. The molecule has 0 unspecified atom stereocenters. The van der Waals surface area contributed by atoms with E-state index in [1.165, 1.54) is 11.0 Å². The molecule has 0 spiro atoms. The minimum atomic E-state index is -0.735. The Hall–Kier alpha value is -1.53. The molecule has 110 valence electrons. The lowest BCUT2D eigenvalue weighted by Crippen LogP contribution is -2.39. The number of likely N-dealkylation sites (tertiary alicyclic amines) is 1. The number of aliphatic hydroxyl groups is 1. The lowest BCUT2D eigenvalue weighted by molar-refractivity contribution is -0.132. The molecule has 1 fully saturated rings. The molecule has 0 radical (unpaired) electrons. The van der Waals surface area contributed by atoms with Crippen LogP contribution in [0.1, 0.15) is 12.0 Å². The Morgan fingerprint density at radius 3 is 2.85 bits per heavy atom. The van der Waals surface area contributed by atoms with Crippen molar-refractivity contribution in [3.8, 4) is 0 Å². The number of amides is 1. The molecule has 1 heterocycles. The number of ether oxygens (including phenoxy) is 1. The fourth-order valence-corrected chi connectivity index (χ4v) is 2.45. The quantitative estimate of drug-likeness (QED) is 0.902. The van der Waals surface area contributed by atoms with E-state index < -0.39 is 11.6 Å². The number of benzene rings is 1. The molecule has 0 aromatic heterocycles. The van der Waals surface area contributed by atoms with E-state index in [1.54, 1.807) is 7.11 Å². The Labute approximate surface area is 116 Å². The lowest BCUT2D eigenvalue weighted by atomic mass is 10.1. The minimum absolute atomic E-state index is 0.117. The zero-order chi connectivity index (χ0) is 14.7. The Morgan fingerprint density at radius 1 is 1.50 bits per heavy atom. The van der Waals surface area contributed by atoms with Crippen molar-refractivity contribution < 1.29 is 23.4 Å². The van der Waals surface area contributed by atoms with Crippen molar-refractivity contribution in [2.45, 2.75) is 25.0 Å². The third-order valence-electron chi connectivity index (χ3n) is 3.60. The van der Waals surface area contributed by atoms with E-state index >= 15 is 0 Å². The van der Waals surface area contributed by atoms with Crippen LogP contribution in [0.25, 0.3) is 0 Å². The number of rotatable bonds is 4. The van der Waals surface area contributed by atoms with Crippen molar-refractivity contribution in [2.75, 3.05) is 20.3 Å². The van der Waals surface area contributed by atoms with E-state index in [-0.39, 0.29) is 36.6 Å². The van der Waals surface area contributed by atoms with Gasteiger partial charge in [0.15, 0.2) is 0 Å². The van der Waals surface area contributed by atoms with E-state index in [9.17, 15) is 18.7 Å². The second-order valence-corrected chi connectivity index (χ2v) is 4.89. The van der Waals surface area contributed by atoms with Gasteiger partial charge in [-0.05, 0) is 18.1 Å². The number of carbonyl (C=O) groups is 1. The first-order chi connectivity index (χ1) is 9.55. The van der Waals surface area contributed by atoms with Gasteiger partial charge in [0, 0.05) is 19.7 Å². The Kier molecular flexibility index (Phi) is 4.67. The maximum absolute atomic E-state index is 13.5. The average Bonchev–Trinajstić information content (AvgIpc) is 2.85. The third kappa shape index (κ3) is 3.13. The van der Waals surface area contributed by atoms with Crippen LogP contribution in [0.3, 0.4) is 0 Å². The second kappa shape index (κ2) is 6.28. The van der Waals surface area contributed by atoms with Crippen LogP contribution in [-0.4, -0.2) is 48.3 Å². The van der Waals surface area contributed by atoms with Crippen LogP contribution in [0.4, 0.5) is 8.78 Å². The smallest absolute Gasteiger partial charge is 0.227 e. The maximum Gasteiger partial charge on any atom is 0.227 e. The van der Waals surface area contributed by atoms with Gasteiger partial charge >= 0.3 is 0 Å². The van der Waals surface area contributed by atoms with Crippen molar-refractivity contribution in [1.82, 2.24) is 4.90 Å². The highest BCUT2D eigenvalue weighted by Gasteiger charge is 2.34. The summed E-state index contributed by atoms with van der Waals surface area (Å²) in [5, 5.41) is 9.28. The molecule has 4 nitrogen and oxygen atoms in total. The van der Waals surface area contributed by atoms with Crippen LogP contribution in [0.2, 0.25) is 0 Å². The largest absolute Gasteiger partial charge is 0.394 e. The Morgan fingerprint density at radius 2 is 2.25 bits per heavy atom. The van der Waals surface area contributed by atoms with E-state index in [0.717, 1.165) is 12.1 Å². The van der Waals surface area contributed by atoms with E-state index in [1.807, 2.05) is 0 Å². The van der Waals surface area contributed by atoms with Crippen molar-refractivity contribution in [2.24, 2.45) is 0 Å². The van der Waals surface area contributed by atoms with Crippen LogP contribution < -0.4 is 0 Å². The summed E-state index contributed by atoms with van der Waals surface area (Å²) in [6.45, 7) is 0.223. The summed E-state index contributed by atoms with van der Waals surface area (Å²) in [6.07, 6.45) is 0.290. The number of hydrogen-bond acceptors (Lipinski definition) is 3. The van der Waals surface area contributed by atoms with Crippen LogP contribution in [0.5, 0.6) is 0 Å². The number of methoxy groups -OCH3 is 1. The van der Waals surface area contributed by atoms with Gasteiger partial charge in [-0.15, -0.1) is 0 Å². The molecule has 0 aliphatic carbocycles. The molecule has 6 heteroatoms. The zero-order valence-electron chi connectivity index (χ0n) is 11.2. The predicted octanol–water partition coefficient (Wildman–Crippen LogP) is 1.12. The standard InChI is InChI=1S/C14H17F2NO3/c1-20-12-6-11(8-18)17(7-12)14(19)4-9-2-3-10(15)5-13(9)16/h2-3,5,11-12,18H,4,6-8H2,1H3/t11-,12-/m0/s1. The molecular weight excluding hydrogens is 268 g/mol. The summed E-state index contributed by atoms with van der Waals surface area (Å²) in [5.41, 5.74) is 0.147. The number of hydrogen-bond donors (Lipinski definition) is 1. The monoisotopic (exact) mass is 285 g/mol. The van der Waals surface area contributed by atoms with Crippen molar-refractivity contribution in [3.05, 3.63) is 35.4 Å². The zero-order valence-corrected chi connectivity index (χ0v) is 11.2. The molecule has 1 saturated heterocycles. The molecular formula is C14H17F2NO3. The molecule has 2 rings (SSSR count). The van der Waals surface area contributed by atoms with Crippen LogP contribution in [-0.2, 0) is 16.0 Å². The summed E-state index contributed by atoms with van der Waals surface area (Å²) in [5.74, 6) is -1.71. The molecule has 1 aromatic rings. The van der Waals surface area contributed by atoms with Crippen LogP contribution in [0.15, 0.2) is 18.2 Å². The molecule has 1 aromatic carbocycles. The lowest BCUT2D eigenvalue weighted by Gasteiger charge is -2.22. The van der Waals surface area contributed by atoms with Crippen molar-refractivity contribution in [3.63, 3.8) is 0 Å².